The maximum Gasteiger partial charge on any atom is 0.472 e. The minimum Gasteiger partial charge on any atom is -0.498 e. The largest absolute Gasteiger partial charge is 0.498 e. The Kier molecular flexibility index (Phi) is 32.0. The second-order valence-corrected chi connectivity index (χ2v) is 15.4. The fourth-order valence-corrected chi connectivity index (χ4v) is 6.61. The Hall–Kier alpha value is -1.48. The zero-order valence-electron chi connectivity index (χ0n) is 32.5. The lowest BCUT2D eigenvalue weighted by molar-refractivity contribution is -0.153. The molecule has 0 radical (unpaired) electrons. The van der Waals surface area contributed by atoms with Gasteiger partial charge in [0.2, 0.25) is 0 Å². The van der Waals surface area contributed by atoms with Gasteiger partial charge in [-0.15, -0.1) is 0 Å². The molecule has 0 aromatic rings. The van der Waals surface area contributed by atoms with Crippen LogP contribution < -0.4 is 5.73 Å². The molecule has 0 aromatic heterocycles. The average molecular weight is 742 g/mol. The molecule has 3 N–H and O–H groups in total. The van der Waals surface area contributed by atoms with E-state index in [1.807, 2.05) is 6.08 Å². The van der Waals surface area contributed by atoms with Crippen LogP contribution in [0.2, 0.25) is 0 Å². The first-order valence-electron chi connectivity index (χ1n) is 20.6. The highest BCUT2D eigenvalue weighted by atomic mass is 31.2. The first-order valence-corrected chi connectivity index (χ1v) is 22.1. The minimum absolute atomic E-state index is 0.0180. The lowest BCUT2D eigenvalue weighted by Gasteiger charge is -2.19. The first kappa shape index (κ1) is 47.5. The van der Waals surface area contributed by atoms with Crippen molar-refractivity contribution in [1.29, 1.82) is 0 Å². The number of epoxide rings is 1. The summed E-state index contributed by atoms with van der Waals surface area (Å²) in [5.74, 6) is -0.373. The van der Waals surface area contributed by atoms with Gasteiger partial charge in [0.15, 0.2) is 6.10 Å². The van der Waals surface area contributed by atoms with Crippen molar-refractivity contribution in [2.75, 3.05) is 26.4 Å². The molecular formula is C41H76NO8P. The number of phosphoric ester groups is 1. The third kappa shape index (κ3) is 31.7. The summed E-state index contributed by atoms with van der Waals surface area (Å²) in [5.41, 5.74) is 5.35. The van der Waals surface area contributed by atoms with Crippen molar-refractivity contribution in [2.24, 2.45) is 5.73 Å². The van der Waals surface area contributed by atoms with Crippen molar-refractivity contribution < 1.29 is 37.5 Å². The average Bonchev–Trinajstić information content (AvgIpc) is 3.87. The van der Waals surface area contributed by atoms with E-state index in [9.17, 15) is 14.3 Å². The van der Waals surface area contributed by atoms with Gasteiger partial charge < -0.3 is 24.8 Å². The van der Waals surface area contributed by atoms with Gasteiger partial charge >= 0.3 is 13.8 Å². The van der Waals surface area contributed by atoms with Crippen molar-refractivity contribution >= 4 is 13.8 Å². The fourth-order valence-electron chi connectivity index (χ4n) is 5.84. The topological polar surface area (TPSA) is 130 Å². The highest BCUT2D eigenvalue weighted by Crippen LogP contribution is 2.43. The Bertz CT molecular complexity index is 943. The number of hydrogen-bond acceptors (Lipinski definition) is 8. The molecule has 1 heterocycles. The third-order valence-corrected chi connectivity index (χ3v) is 10.0. The molecule has 0 saturated carbocycles. The Morgan fingerprint density at radius 2 is 1.25 bits per heavy atom. The first-order chi connectivity index (χ1) is 24.9. The summed E-state index contributed by atoms with van der Waals surface area (Å²) in [6.07, 6.45) is 41.3. The monoisotopic (exact) mass is 742 g/mol. The summed E-state index contributed by atoms with van der Waals surface area (Å²) < 4.78 is 38.9. The molecule has 0 bridgehead atoms. The third-order valence-electron chi connectivity index (χ3n) is 9.02. The Labute approximate surface area is 312 Å². The second kappa shape index (κ2) is 34.3. The zero-order chi connectivity index (χ0) is 37.1. The molecule has 0 amide bonds. The van der Waals surface area contributed by atoms with Gasteiger partial charge in [-0.05, 0) is 76.7 Å². The molecule has 0 aliphatic carbocycles. The quantitative estimate of drug-likeness (QED) is 0.0159. The van der Waals surface area contributed by atoms with Crippen LogP contribution in [0.1, 0.15) is 174 Å². The summed E-state index contributed by atoms with van der Waals surface area (Å²) in [6.45, 7) is 4.17. The molecule has 1 aliphatic heterocycles. The number of rotatable bonds is 38. The number of esters is 1. The van der Waals surface area contributed by atoms with Crippen LogP contribution in [0.25, 0.3) is 0 Å². The number of nitrogens with two attached hydrogens (primary N) is 1. The maximum atomic E-state index is 12.6. The van der Waals surface area contributed by atoms with Crippen LogP contribution in [-0.4, -0.2) is 55.5 Å². The summed E-state index contributed by atoms with van der Waals surface area (Å²) >= 11 is 0. The molecule has 3 unspecified atom stereocenters. The minimum atomic E-state index is -4.30. The number of carbonyl (C=O) groups excluding carboxylic acids is 1. The molecule has 10 heteroatoms. The molecule has 0 aromatic carbocycles. The molecule has 9 nitrogen and oxygen atoms in total. The highest BCUT2D eigenvalue weighted by Gasteiger charge is 2.36. The Balaban J connectivity index is 2.17. The van der Waals surface area contributed by atoms with E-state index in [0.717, 1.165) is 64.2 Å². The van der Waals surface area contributed by atoms with Gasteiger partial charge in [-0.1, -0.05) is 122 Å². The predicted molar refractivity (Wildman–Crippen MR) is 209 cm³/mol. The molecule has 51 heavy (non-hydrogen) atoms. The predicted octanol–water partition coefficient (Wildman–Crippen LogP) is 11.2. The number of allylic oxidation sites excluding steroid dienone is 4. The second-order valence-electron chi connectivity index (χ2n) is 13.9. The van der Waals surface area contributed by atoms with Gasteiger partial charge in [-0.2, -0.15) is 0 Å². The number of unbranched alkanes of at least 4 members (excludes halogenated alkanes) is 18. The smallest absolute Gasteiger partial charge is 0.472 e. The van der Waals surface area contributed by atoms with Gasteiger partial charge in [0.05, 0.1) is 31.7 Å². The molecule has 1 rings (SSSR count). The van der Waals surface area contributed by atoms with Crippen LogP contribution in [-0.2, 0) is 32.6 Å². The summed E-state index contributed by atoms with van der Waals surface area (Å²) in [4.78, 5) is 22.4. The SMILES string of the molecule is CCCCCCCC/C=C\CCCCCC/C=C/OC[C@H](COP(=O)(O)OCCN)OC(=O)CCCCCCC/C=C\CC1OC1CCCCC. The summed E-state index contributed by atoms with van der Waals surface area (Å²) in [5, 5.41) is 0. The van der Waals surface area contributed by atoms with Crippen molar-refractivity contribution in [1.82, 2.24) is 0 Å². The fraction of sp³-hybridized carbons (Fsp3) is 0.829. The Morgan fingerprint density at radius 1 is 0.706 bits per heavy atom. The Morgan fingerprint density at radius 3 is 1.88 bits per heavy atom. The van der Waals surface area contributed by atoms with Gasteiger partial charge in [0, 0.05) is 13.0 Å². The van der Waals surface area contributed by atoms with Gasteiger partial charge in [-0.25, -0.2) is 4.57 Å². The molecule has 0 spiro atoms. The van der Waals surface area contributed by atoms with Crippen molar-refractivity contribution in [3.8, 4) is 0 Å². The lowest BCUT2D eigenvalue weighted by Crippen LogP contribution is -2.27. The van der Waals surface area contributed by atoms with E-state index in [0.29, 0.717) is 12.2 Å². The van der Waals surface area contributed by atoms with Crippen LogP contribution >= 0.6 is 7.82 Å². The maximum absolute atomic E-state index is 12.6. The number of hydrogen-bond donors (Lipinski definition) is 2. The normalized spacial score (nSPS) is 17.8. The van der Waals surface area contributed by atoms with Crippen LogP contribution in [0.15, 0.2) is 36.6 Å². The van der Waals surface area contributed by atoms with E-state index in [2.05, 4.69) is 38.2 Å². The molecule has 298 valence electrons. The lowest BCUT2D eigenvalue weighted by atomic mass is 10.1. The number of carbonyl (C=O) groups is 1. The number of ether oxygens (including phenoxy) is 3. The van der Waals surface area contributed by atoms with Gasteiger partial charge in [0.1, 0.15) is 6.61 Å². The summed E-state index contributed by atoms with van der Waals surface area (Å²) in [7, 11) is -4.30. The van der Waals surface area contributed by atoms with E-state index in [-0.39, 0.29) is 38.8 Å². The van der Waals surface area contributed by atoms with E-state index in [1.165, 1.54) is 89.9 Å². The molecule has 1 fully saturated rings. The summed E-state index contributed by atoms with van der Waals surface area (Å²) in [6, 6.07) is 0. The van der Waals surface area contributed by atoms with Crippen LogP contribution in [0.3, 0.4) is 0 Å². The van der Waals surface area contributed by atoms with Crippen molar-refractivity contribution in [3.63, 3.8) is 0 Å². The highest BCUT2D eigenvalue weighted by molar-refractivity contribution is 7.47. The van der Waals surface area contributed by atoms with Crippen molar-refractivity contribution in [3.05, 3.63) is 36.6 Å². The molecule has 4 atom stereocenters. The van der Waals surface area contributed by atoms with Gasteiger partial charge in [0.25, 0.3) is 0 Å². The van der Waals surface area contributed by atoms with E-state index in [4.69, 9.17) is 29.0 Å². The zero-order valence-corrected chi connectivity index (χ0v) is 33.4. The standard InChI is InChI=1S/C41H76NO8P/c1-3-5-7-8-9-10-11-12-13-14-15-16-19-22-25-29-34-46-36-38(37-48-51(44,45)47-35-33-42)49-41(43)32-28-24-21-18-17-20-23-27-31-40-39(50-40)30-26-6-4-2/h12-13,23,27,29,34,38-40H,3-11,14-22,24-26,28,30-33,35-37,42H2,1-2H3,(H,44,45)/b13-12-,27-23-,34-29+/t38-,39?,40?/m1/s1. The van der Waals surface area contributed by atoms with E-state index >= 15 is 0 Å². The molecular weight excluding hydrogens is 665 g/mol. The molecule has 1 aliphatic rings. The van der Waals surface area contributed by atoms with Crippen LogP contribution in [0.5, 0.6) is 0 Å². The van der Waals surface area contributed by atoms with E-state index in [1.54, 1.807) is 6.26 Å². The van der Waals surface area contributed by atoms with Gasteiger partial charge in [-0.3, -0.25) is 13.8 Å². The molecule has 1 saturated heterocycles. The van der Waals surface area contributed by atoms with E-state index < -0.39 is 13.9 Å². The van der Waals surface area contributed by atoms with Crippen LogP contribution in [0.4, 0.5) is 0 Å². The van der Waals surface area contributed by atoms with Crippen LogP contribution in [0, 0.1) is 0 Å². The van der Waals surface area contributed by atoms with Crippen molar-refractivity contribution in [2.45, 2.75) is 193 Å². The number of phosphoric acid groups is 1.